The van der Waals surface area contributed by atoms with Crippen LogP contribution in [0.4, 0.5) is 0 Å². The molecule has 1 aromatic heterocycles. The van der Waals surface area contributed by atoms with Gasteiger partial charge in [0.25, 0.3) is 0 Å². The van der Waals surface area contributed by atoms with Gasteiger partial charge >= 0.3 is 0 Å². The Hall–Kier alpha value is -1.82. The van der Waals surface area contributed by atoms with E-state index in [-0.39, 0.29) is 0 Å². The molecule has 0 aliphatic carbocycles. The van der Waals surface area contributed by atoms with E-state index < -0.39 is 0 Å². The van der Waals surface area contributed by atoms with Gasteiger partial charge in [0.2, 0.25) is 0 Å². The predicted molar refractivity (Wildman–Crippen MR) is 105 cm³/mol. The van der Waals surface area contributed by atoms with E-state index >= 15 is 0 Å². The minimum Gasteiger partial charge on any atom is -0.354 e. The number of hydrogen-bond donors (Lipinski definition) is 2. The van der Waals surface area contributed by atoms with Crippen molar-refractivity contribution in [2.45, 2.75) is 52.7 Å². The molecule has 0 bridgehead atoms. The zero-order chi connectivity index (χ0) is 18.2. The minimum atomic E-state index is 0.475. The van der Waals surface area contributed by atoms with Crippen LogP contribution in [-0.2, 0) is 13.1 Å². The molecule has 0 spiro atoms. The summed E-state index contributed by atoms with van der Waals surface area (Å²) in [5, 5.41) is 6.96. The lowest BCUT2D eigenvalue weighted by atomic mass is 10.0. The van der Waals surface area contributed by atoms with Crippen molar-refractivity contribution in [3.05, 3.63) is 30.4 Å². The highest BCUT2D eigenvalue weighted by Crippen LogP contribution is 2.11. The fraction of sp³-hybridized carbons (Fsp3) is 0.684. The third kappa shape index (κ3) is 6.53. The smallest absolute Gasteiger partial charge is 0.191 e. The summed E-state index contributed by atoms with van der Waals surface area (Å²) < 4.78 is 2.21. The average Bonchev–Trinajstić information content (AvgIpc) is 2.99. The van der Waals surface area contributed by atoms with E-state index in [4.69, 9.17) is 0 Å². The predicted octanol–water partition coefficient (Wildman–Crippen LogP) is 2.24. The van der Waals surface area contributed by atoms with Crippen LogP contribution < -0.4 is 10.6 Å². The second kappa shape index (κ2) is 9.61. The molecular formula is C19H34N6. The van der Waals surface area contributed by atoms with Gasteiger partial charge in [-0.3, -0.25) is 9.89 Å². The van der Waals surface area contributed by atoms with Crippen LogP contribution in [0.3, 0.4) is 0 Å². The van der Waals surface area contributed by atoms with E-state index in [1.165, 1.54) is 5.57 Å². The third-order valence-corrected chi connectivity index (χ3v) is 4.42. The van der Waals surface area contributed by atoms with Crippen LogP contribution in [0.1, 0.15) is 39.4 Å². The number of guanidine groups is 1. The van der Waals surface area contributed by atoms with Gasteiger partial charge in [-0.2, -0.15) is 0 Å². The Morgan fingerprint density at radius 3 is 2.72 bits per heavy atom. The van der Waals surface area contributed by atoms with E-state index in [2.05, 4.69) is 57.4 Å². The zero-order valence-electron chi connectivity index (χ0n) is 16.3. The number of nitrogens with one attached hydrogen (secondary N) is 2. The molecule has 2 heterocycles. The Morgan fingerprint density at radius 2 is 2.12 bits per heavy atom. The molecule has 2 N–H and O–H groups in total. The Kier molecular flexibility index (Phi) is 7.50. The van der Waals surface area contributed by atoms with Crippen molar-refractivity contribution in [1.29, 1.82) is 0 Å². The molecule has 0 unspecified atom stereocenters. The maximum absolute atomic E-state index is 4.46. The van der Waals surface area contributed by atoms with Crippen LogP contribution in [0.25, 0.3) is 0 Å². The summed E-state index contributed by atoms with van der Waals surface area (Å²) in [6, 6.07) is 0.475. The normalized spacial score (nSPS) is 17.1. The summed E-state index contributed by atoms with van der Waals surface area (Å²) in [5.41, 5.74) is 1.24. The molecule has 0 atom stereocenters. The zero-order valence-corrected chi connectivity index (χ0v) is 16.3. The summed E-state index contributed by atoms with van der Waals surface area (Å²) >= 11 is 0. The number of likely N-dealkylation sites (tertiary alicyclic amines) is 1. The van der Waals surface area contributed by atoms with Crippen molar-refractivity contribution in [3.63, 3.8) is 0 Å². The van der Waals surface area contributed by atoms with Crippen LogP contribution in [-0.4, -0.2) is 53.1 Å². The summed E-state index contributed by atoms with van der Waals surface area (Å²) in [7, 11) is 1.83. The van der Waals surface area contributed by atoms with Gasteiger partial charge in [-0.05, 0) is 25.7 Å². The first kappa shape index (κ1) is 19.5. The van der Waals surface area contributed by atoms with Crippen molar-refractivity contribution in [1.82, 2.24) is 25.1 Å². The first-order valence-corrected chi connectivity index (χ1v) is 9.32. The molecule has 2 rings (SSSR count). The van der Waals surface area contributed by atoms with Gasteiger partial charge in [0.15, 0.2) is 5.96 Å². The number of piperidine rings is 1. The summed E-state index contributed by atoms with van der Waals surface area (Å²) in [5.74, 6) is 2.51. The molecule has 1 aromatic rings. The van der Waals surface area contributed by atoms with Gasteiger partial charge in [-0.15, -0.1) is 0 Å². The highest BCUT2D eigenvalue weighted by Gasteiger charge is 2.19. The fourth-order valence-electron chi connectivity index (χ4n) is 3.23. The maximum Gasteiger partial charge on any atom is 0.191 e. The molecule has 1 aliphatic heterocycles. The summed E-state index contributed by atoms with van der Waals surface area (Å²) in [6.45, 7) is 15.5. The Bertz CT molecular complexity index is 566. The second-order valence-corrected chi connectivity index (χ2v) is 7.47. The average molecular weight is 347 g/mol. The van der Waals surface area contributed by atoms with E-state index in [9.17, 15) is 0 Å². The lowest BCUT2D eigenvalue weighted by Crippen LogP contribution is -2.48. The van der Waals surface area contributed by atoms with Gasteiger partial charge in [-0.25, -0.2) is 4.98 Å². The van der Waals surface area contributed by atoms with Gasteiger partial charge < -0.3 is 15.2 Å². The lowest BCUT2D eigenvalue weighted by molar-refractivity contribution is 0.221. The van der Waals surface area contributed by atoms with E-state index in [1.54, 1.807) is 0 Å². The summed E-state index contributed by atoms with van der Waals surface area (Å²) in [4.78, 5) is 11.3. The van der Waals surface area contributed by atoms with E-state index in [0.717, 1.165) is 50.8 Å². The number of nitrogens with zero attached hydrogens (tertiary/aromatic N) is 4. The fourth-order valence-corrected chi connectivity index (χ4v) is 3.23. The monoisotopic (exact) mass is 346 g/mol. The lowest BCUT2D eigenvalue weighted by Gasteiger charge is -2.33. The highest BCUT2D eigenvalue weighted by molar-refractivity contribution is 5.79. The van der Waals surface area contributed by atoms with E-state index in [1.807, 2.05) is 19.4 Å². The summed E-state index contributed by atoms with van der Waals surface area (Å²) in [6.07, 6.45) is 6.18. The standard InChI is InChI=1S/C19H34N6/c1-15(2)13-24-9-6-17(7-10-24)23-19(20-5)22-12-18-21-8-11-25(18)14-16(3)4/h8,11,16-17H,1,6-7,9-10,12-14H2,2-5H3,(H2,20,22,23). The van der Waals surface area contributed by atoms with Crippen LogP contribution in [0.15, 0.2) is 29.5 Å². The first-order valence-electron chi connectivity index (χ1n) is 9.32. The first-order chi connectivity index (χ1) is 12.0. The van der Waals surface area contributed by atoms with Crippen molar-refractivity contribution < 1.29 is 0 Å². The molecule has 0 aromatic carbocycles. The van der Waals surface area contributed by atoms with E-state index in [0.29, 0.717) is 18.5 Å². The molecule has 1 fully saturated rings. The van der Waals surface area contributed by atoms with Crippen LogP contribution in [0, 0.1) is 5.92 Å². The molecule has 140 valence electrons. The molecule has 0 radical (unpaired) electrons. The Labute approximate surface area is 152 Å². The molecule has 1 saturated heterocycles. The molecule has 0 amide bonds. The third-order valence-electron chi connectivity index (χ3n) is 4.42. The molecule has 0 saturated carbocycles. The van der Waals surface area contributed by atoms with Gasteiger partial charge in [-0.1, -0.05) is 26.0 Å². The van der Waals surface area contributed by atoms with Crippen molar-refractivity contribution in [2.24, 2.45) is 10.9 Å². The second-order valence-electron chi connectivity index (χ2n) is 7.47. The topological polar surface area (TPSA) is 57.5 Å². The molecule has 6 nitrogen and oxygen atoms in total. The van der Waals surface area contributed by atoms with Crippen LogP contribution >= 0.6 is 0 Å². The minimum absolute atomic E-state index is 0.475. The largest absolute Gasteiger partial charge is 0.354 e. The number of aliphatic imine (C=N–C) groups is 1. The van der Waals surface area contributed by atoms with Gasteiger partial charge in [0.05, 0.1) is 6.54 Å². The molecular weight excluding hydrogens is 312 g/mol. The van der Waals surface area contributed by atoms with Crippen molar-refractivity contribution in [2.75, 3.05) is 26.7 Å². The number of aromatic nitrogens is 2. The van der Waals surface area contributed by atoms with Gasteiger partial charge in [0.1, 0.15) is 5.82 Å². The van der Waals surface area contributed by atoms with Gasteiger partial charge in [0, 0.05) is 51.7 Å². The Balaban J connectivity index is 1.78. The Morgan fingerprint density at radius 1 is 1.40 bits per heavy atom. The number of rotatable bonds is 7. The van der Waals surface area contributed by atoms with Crippen molar-refractivity contribution >= 4 is 5.96 Å². The number of imidazole rings is 1. The molecule has 6 heteroatoms. The quantitative estimate of drug-likeness (QED) is 0.452. The molecule has 25 heavy (non-hydrogen) atoms. The highest BCUT2D eigenvalue weighted by atomic mass is 15.2. The maximum atomic E-state index is 4.46. The number of hydrogen-bond acceptors (Lipinski definition) is 3. The molecule has 1 aliphatic rings. The van der Waals surface area contributed by atoms with Crippen molar-refractivity contribution in [3.8, 4) is 0 Å². The van der Waals surface area contributed by atoms with Crippen LogP contribution in [0.5, 0.6) is 0 Å². The SMILES string of the molecule is C=C(C)CN1CCC(NC(=NC)NCc2nccn2CC(C)C)CC1. The van der Waals surface area contributed by atoms with Crippen LogP contribution in [0.2, 0.25) is 0 Å².